The van der Waals surface area contributed by atoms with Gasteiger partial charge in [0, 0.05) is 35.0 Å². The Morgan fingerprint density at radius 3 is 2.55 bits per heavy atom. The minimum atomic E-state index is -1.34. The number of aromatic nitrogens is 3. The number of aryl methyl sites for hydroxylation is 1. The molecule has 0 spiro atoms. The fourth-order valence-corrected chi connectivity index (χ4v) is 6.54. The summed E-state index contributed by atoms with van der Waals surface area (Å²) in [5.41, 5.74) is 6.07. The molecule has 8 bridgehead atoms. The highest BCUT2D eigenvalue weighted by molar-refractivity contribution is 6.36. The van der Waals surface area contributed by atoms with Gasteiger partial charge in [0.05, 0.1) is 34.2 Å². The van der Waals surface area contributed by atoms with E-state index >= 15 is 0 Å². The van der Waals surface area contributed by atoms with Gasteiger partial charge >= 0.3 is 5.97 Å². The second-order valence-electron chi connectivity index (χ2n) is 12.7. The van der Waals surface area contributed by atoms with Crippen molar-refractivity contribution < 1.29 is 24.1 Å². The van der Waals surface area contributed by atoms with Gasteiger partial charge in [-0.25, -0.2) is 14.3 Å². The van der Waals surface area contributed by atoms with E-state index in [9.17, 15) is 9.90 Å². The van der Waals surface area contributed by atoms with Crippen molar-refractivity contribution in [3.8, 4) is 45.1 Å². The minimum Gasteiger partial charge on any atom is -0.490 e. The normalized spacial score (nSPS) is 15.6. The van der Waals surface area contributed by atoms with E-state index in [1.54, 1.807) is 11.4 Å². The lowest BCUT2D eigenvalue weighted by atomic mass is 9.97. The van der Waals surface area contributed by atoms with Crippen molar-refractivity contribution in [1.29, 1.82) is 0 Å². The van der Waals surface area contributed by atoms with Gasteiger partial charge < -0.3 is 24.2 Å². The summed E-state index contributed by atoms with van der Waals surface area (Å²) in [7, 11) is 0. The molecule has 2 aliphatic rings. The van der Waals surface area contributed by atoms with Gasteiger partial charge in [0.1, 0.15) is 24.7 Å². The van der Waals surface area contributed by atoms with Gasteiger partial charge in [0.2, 0.25) is 0 Å². The average molecular weight is 651 g/mol. The summed E-state index contributed by atoms with van der Waals surface area (Å²) in [6.45, 7) is 9.39. The quantitative estimate of drug-likeness (QED) is 0.198. The van der Waals surface area contributed by atoms with Gasteiger partial charge in [-0.05, 0) is 75.2 Å². The Balaban J connectivity index is 1.53. The van der Waals surface area contributed by atoms with Gasteiger partial charge in [-0.1, -0.05) is 48.0 Å². The third-order valence-electron chi connectivity index (χ3n) is 8.22. The summed E-state index contributed by atoms with van der Waals surface area (Å²) in [5.74, 6) is 0.291. The van der Waals surface area contributed by atoms with E-state index in [1.807, 2.05) is 75.4 Å². The molecule has 0 aliphatic carbocycles. The van der Waals surface area contributed by atoms with Crippen molar-refractivity contribution in [2.45, 2.75) is 39.4 Å². The first-order valence-electron chi connectivity index (χ1n) is 15.6. The SMILES string of the molecule is Cc1nc2cc3nn2c(c1[C@H](OC(C)(C)C)C(=O)O)-c1ccc2c(c1Cl)N(C/C=C\COc1cccc(c1)-c1cccc-3c1)CCO2. The van der Waals surface area contributed by atoms with E-state index in [-0.39, 0.29) is 0 Å². The molecule has 5 aromatic rings. The lowest BCUT2D eigenvalue weighted by Gasteiger charge is -2.32. The molecule has 2 aromatic heterocycles. The molecule has 47 heavy (non-hydrogen) atoms. The fraction of sp³-hybridized carbons (Fsp3) is 0.270. The molecule has 0 radical (unpaired) electrons. The van der Waals surface area contributed by atoms with Crippen LogP contribution in [0.5, 0.6) is 11.5 Å². The molecule has 2 aliphatic heterocycles. The highest BCUT2D eigenvalue weighted by atomic mass is 35.5. The number of fused-ring (bicyclic) bond motifs is 9. The summed E-state index contributed by atoms with van der Waals surface area (Å²) in [6, 6.07) is 21.8. The summed E-state index contributed by atoms with van der Waals surface area (Å²) >= 11 is 7.33. The Morgan fingerprint density at radius 2 is 1.77 bits per heavy atom. The molecule has 4 heterocycles. The lowest BCUT2D eigenvalue weighted by Crippen LogP contribution is -2.33. The number of rotatable bonds is 3. The van der Waals surface area contributed by atoms with Crippen LogP contribution in [0.1, 0.15) is 38.1 Å². The number of ether oxygens (including phenoxy) is 3. The van der Waals surface area contributed by atoms with Gasteiger partial charge in [0.25, 0.3) is 0 Å². The van der Waals surface area contributed by atoms with Crippen LogP contribution in [0.3, 0.4) is 0 Å². The van der Waals surface area contributed by atoms with E-state index in [0.717, 1.165) is 28.1 Å². The van der Waals surface area contributed by atoms with Crippen LogP contribution in [-0.2, 0) is 9.53 Å². The van der Waals surface area contributed by atoms with Crippen LogP contribution in [-0.4, -0.2) is 57.6 Å². The maximum atomic E-state index is 12.9. The van der Waals surface area contributed by atoms with Crippen LogP contribution in [0, 0.1) is 6.92 Å². The second-order valence-corrected chi connectivity index (χ2v) is 13.0. The Hall–Kier alpha value is -4.86. The number of hydrogen-bond acceptors (Lipinski definition) is 7. The maximum absolute atomic E-state index is 12.9. The van der Waals surface area contributed by atoms with Crippen molar-refractivity contribution in [1.82, 2.24) is 14.6 Å². The van der Waals surface area contributed by atoms with Crippen molar-refractivity contribution in [2.24, 2.45) is 0 Å². The zero-order valence-electron chi connectivity index (χ0n) is 26.7. The van der Waals surface area contributed by atoms with Crippen LogP contribution in [0.2, 0.25) is 5.02 Å². The van der Waals surface area contributed by atoms with Crippen molar-refractivity contribution in [3.63, 3.8) is 0 Å². The highest BCUT2D eigenvalue weighted by Crippen LogP contribution is 2.46. The molecule has 7 rings (SSSR count). The zero-order chi connectivity index (χ0) is 32.9. The monoisotopic (exact) mass is 650 g/mol. The van der Waals surface area contributed by atoms with E-state index in [2.05, 4.69) is 29.2 Å². The smallest absolute Gasteiger partial charge is 0.337 e. The predicted molar refractivity (Wildman–Crippen MR) is 183 cm³/mol. The third-order valence-corrected chi connectivity index (χ3v) is 8.60. The molecule has 1 atom stereocenters. The van der Waals surface area contributed by atoms with Crippen molar-refractivity contribution in [2.75, 3.05) is 31.2 Å². The first-order valence-corrected chi connectivity index (χ1v) is 16.0. The largest absolute Gasteiger partial charge is 0.490 e. The highest BCUT2D eigenvalue weighted by Gasteiger charge is 2.35. The minimum absolute atomic E-state index is 0.383. The number of halogens is 1. The summed E-state index contributed by atoms with van der Waals surface area (Å²) < 4.78 is 20.0. The topological polar surface area (TPSA) is 98.4 Å². The van der Waals surface area contributed by atoms with Crippen molar-refractivity contribution >= 4 is 28.9 Å². The summed E-state index contributed by atoms with van der Waals surface area (Å²) in [5, 5.41) is 16.0. The standard InChI is InChI=1S/C37H35ClN4O5/c1-22-31(35(36(43)44)47-37(2,3)4)33-27-13-14-29-34(32(27)38)41(16-18-46-29)15-5-6-17-45-26-12-8-10-24(20-26)23-9-7-11-25(19-23)28-21-30(39-22)42(33)40-28/h5-14,19-21,35H,15-18H2,1-4H3,(H,43,44)/b6-5-/t35-/m0/s1. The van der Waals surface area contributed by atoms with Crippen LogP contribution < -0.4 is 14.4 Å². The molecule has 0 fully saturated rings. The number of nitrogens with zero attached hydrogens (tertiary/aromatic N) is 4. The van der Waals surface area contributed by atoms with E-state index in [4.69, 9.17) is 35.9 Å². The molecule has 0 amide bonds. The van der Waals surface area contributed by atoms with Gasteiger partial charge in [-0.2, -0.15) is 5.10 Å². The molecule has 3 aromatic carbocycles. The Kier molecular flexibility index (Phi) is 7.90. The second kappa shape index (κ2) is 12.1. The number of carboxylic acids is 1. The van der Waals surface area contributed by atoms with E-state index < -0.39 is 17.7 Å². The molecule has 9 nitrogen and oxygen atoms in total. The average Bonchev–Trinajstić information content (AvgIpc) is 3.46. The molecular weight excluding hydrogens is 616 g/mol. The molecule has 0 unspecified atom stereocenters. The van der Waals surface area contributed by atoms with Crippen LogP contribution in [0.4, 0.5) is 5.69 Å². The molecular formula is C37H35ClN4O5. The molecule has 1 N–H and O–H groups in total. The summed E-state index contributed by atoms with van der Waals surface area (Å²) in [6.07, 6.45) is 2.71. The Morgan fingerprint density at radius 1 is 1.00 bits per heavy atom. The van der Waals surface area contributed by atoms with Gasteiger partial charge in [-0.15, -0.1) is 0 Å². The first-order chi connectivity index (χ1) is 22.6. The molecule has 0 saturated carbocycles. The number of hydrogen-bond donors (Lipinski definition) is 1. The maximum Gasteiger partial charge on any atom is 0.337 e. The van der Waals surface area contributed by atoms with Crippen LogP contribution in [0.25, 0.3) is 39.3 Å². The number of aliphatic carboxylic acids is 1. The van der Waals surface area contributed by atoms with Gasteiger partial charge in [0.15, 0.2) is 11.8 Å². The molecule has 10 heteroatoms. The fourth-order valence-electron chi connectivity index (χ4n) is 6.17. The third kappa shape index (κ3) is 5.92. The zero-order valence-corrected chi connectivity index (χ0v) is 27.4. The number of carboxylic acid groups (broad SMARTS) is 1. The lowest BCUT2D eigenvalue weighted by molar-refractivity contribution is -0.160. The van der Waals surface area contributed by atoms with Crippen molar-refractivity contribution in [3.05, 3.63) is 95.2 Å². The number of anilines is 1. The first kappa shape index (κ1) is 30.8. The predicted octanol–water partition coefficient (Wildman–Crippen LogP) is 7.78. The Labute approximate surface area is 278 Å². The van der Waals surface area contributed by atoms with E-state index in [1.165, 1.54) is 0 Å². The number of benzene rings is 3. The van der Waals surface area contributed by atoms with E-state index in [0.29, 0.717) is 70.9 Å². The summed E-state index contributed by atoms with van der Waals surface area (Å²) in [4.78, 5) is 19.9. The molecule has 0 saturated heterocycles. The molecule has 240 valence electrons. The van der Waals surface area contributed by atoms with Crippen LogP contribution in [0.15, 0.2) is 78.9 Å². The Bertz CT molecular complexity index is 2050. The number of carbonyl (C=O) groups is 1. The van der Waals surface area contributed by atoms with Gasteiger partial charge in [-0.3, -0.25) is 0 Å². The van der Waals surface area contributed by atoms with Crippen LogP contribution >= 0.6 is 11.6 Å².